The first kappa shape index (κ1) is 10.4. The highest BCUT2D eigenvalue weighted by molar-refractivity contribution is 5.27. The largest absolute Gasteiger partial charge is 0.481 e. The van der Waals surface area contributed by atoms with E-state index in [-0.39, 0.29) is 6.10 Å². The van der Waals surface area contributed by atoms with Gasteiger partial charge >= 0.3 is 0 Å². The van der Waals surface area contributed by atoms with Crippen molar-refractivity contribution in [3.05, 3.63) is 23.4 Å². The van der Waals surface area contributed by atoms with Gasteiger partial charge in [-0.3, -0.25) is 0 Å². The minimum Gasteiger partial charge on any atom is -0.481 e. The predicted octanol–water partition coefficient (Wildman–Crippen LogP) is 1.06. The third-order valence-corrected chi connectivity index (χ3v) is 2.46. The number of methoxy groups -OCH3 is 1. The molecule has 2 rings (SSSR count). The Balaban J connectivity index is 2.22. The van der Waals surface area contributed by atoms with Gasteiger partial charge in [0.25, 0.3) is 0 Å². The Morgan fingerprint density at radius 2 is 2.40 bits per heavy atom. The van der Waals surface area contributed by atoms with Gasteiger partial charge in [-0.2, -0.15) is 0 Å². The summed E-state index contributed by atoms with van der Waals surface area (Å²) in [5, 5.41) is 3.30. The van der Waals surface area contributed by atoms with Crippen molar-refractivity contribution < 1.29 is 9.47 Å². The maximum Gasteiger partial charge on any atom is 0.213 e. The van der Waals surface area contributed by atoms with Crippen molar-refractivity contribution in [1.82, 2.24) is 10.3 Å². The molecule has 1 N–H and O–H groups in total. The summed E-state index contributed by atoms with van der Waals surface area (Å²) in [6, 6.07) is 3.98. The standard InChI is InChI=1S/C11H16N2O2/c1-8-5-9(6-11(13-8)14-2)10-7-12-3-4-15-10/h5-6,10,12H,3-4,7H2,1-2H3. The van der Waals surface area contributed by atoms with E-state index in [1.807, 2.05) is 19.1 Å². The van der Waals surface area contributed by atoms with Crippen LogP contribution in [0.5, 0.6) is 5.88 Å². The lowest BCUT2D eigenvalue weighted by molar-refractivity contribution is 0.0275. The number of aryl methyl sites for hydroxylation is 1. The van der Waals surface area contributed by atoms with Crippen molar-refractivity contribution in [3.8, 4) is 5.88 Å². The Morgan fingerprint density at radius 1 is 1.53 bits per heavy atom. The first-order valence-corrected chi connectivity index (χ1v) is 5.14. The van der Waals surface area contributed by atoms with E-state index in [1.54, 1.807) is 7.11 Å². The van der Waals surface area contributed by atoms with E-state index < -0.39 is 0 Å². The maximum atomic E-state index is 5.67. The number of pyridine rings is 1. The maximum absolute atomic E-state index is 5.67. The molecule has 0 saturated carbocycles. The highest BCUT2D eigenvalue weighted by Gasteiger charge is 2.16. The van der Waals surface area contributed by atoms with Gasteiger partial charge in [0.1, 0.15) is 0 Å². The van der Waals surface area contributed by atoms with Crippen LogP contribution in [0.3, 0.4) is 0 Å². The summed E-state index contributed by atoms with van der Waals surface area (Å²) in [6.07, 6.45) is 0.120. The van der Waals surface area contributed by atoms with Gasteiger partial charge in [-0.25, -0.2) is 4.98 Å². The number of ether oxygens (including phenoxy) is 2. The minimum atomic E-state index is 0.120. The van der Waals surface area contributed by atoms with Gasteiger partial charge in [0.2, 0.25) is 5.88 Å². The van der Waals surface area contributed by atoms with Gasteiger partial charge in [0.05, 0.1) is 19.8 Å². The number of nitrogens with one attached hydrogen (secondary N) is 1. The number of morpholine rings is 1. The van der Waals surface area contributed by atoms with E-state index in [0.29, 0.717) is 5.88 Å². The van der Waals surface area contributed by atoms with Crippen molar-refractivity contribution in [2.24, 2.45) is 0 Å². The lowest BCUT2D eigenvalue weighted by Gasteiger charge is -2.24. The Bertz CT molecular complexity index is 335. The average Bonchev–Trinajstić information content (AvgIpc) is 2.29. The van der Waals surface area contributed by atoms with Crippen LogP contribution in [-0.4, -0.2) is 31.8 Å². The van der Waals surface area contributed by atoms with Crippen LogP contribution in [0.2, 0.25) is 0 Å². The fourth-order valence-electron chi connectivity index (χ4n) is 1.73. The number of aromatic nitrogens is 1. The van der Waals surface area contributed by atoms with Crippen LogP contribution in [0.1, 0.15) is 17.4 Å². The van der Waals surface area contributed by atoms with Crippen molar-refractivity contribution in [2.45, 2.75) is 13.0 Å². The van der Waals surface area contributed by atoms with Crippen LogP contribution < -0.4 is 10.1 Å². The topological polar surface area (TPSA) is 43.4 Å². The molecule has 4 heteroatoms. The molecule has 1 aliphatic heterocycles. The SMILES string of the molecule is COc1cc(C2CNCCO2)cc(C)n1. The highest BCUT2D eigenvalue weighted by Crippen LogP contribution is 2.22. The molecule has 1 saturated heterocycles. The second-order valence-corrected chi connectivity index (χ2v) is 3.65. The Morgan fingerprint density at radius 3 is 3.07 bits per heavy atom. The normalized spacial score (nSPS) is 21.3. The Kier molecular flexibility index (Phi) is 3.18. The number of nitrogens with zero attached hydrogens (tertiary/aromatic N) is 1. The van der Waals surface area contributed by atoms with Gasteiger partial charge in [0, 0.05) is 24.8 Å². The molecule has 1 aromatic heterocycles. The molecule has 1 aromatic rings. The van der Waals surface area contributed by atoms with Gasteiger partial charge in [0.15, 0.2) is 0 Å². The lowest BCUT2D eigenvalue weighted by atomic mass is 10.1. The van der Waals surface area contributed by atoms with Crippen LogP contribution in [0.15, 0.2) is 12.1 Å². The van der Waals surface area contributed by atoms with Crippen LogP contribution in [0.25, 0.3) is 0 Å². The third kappa shape index (κ3) is 2.46. The zero-order chi connectivity index (χ0) is 10.7. The van der Waals surface area contributed by atoms with Gasteiger partial charge in [-0.1, -0.05) is 0 Å². The molecule has 0 bridgehead atoms. The van der Waals surface area contributed by atoms with E-state index in [2.05, 4.69) is 10.3 Å². The first-order chi connectivity index (χ1) is 7.29. The summed E-state index contributed by atoms with van der Waals surface area (Å²) in [6.45, 7) is 4.50. The van der Waals surface area contributed by atoms with Crippen LogP contribution in [-0.2, 0) is 4.74 Å². The lowest BCUT2D eigenvalue weighted by Crippen LogP contribution is -2.33. The summed E-state index contributed by atoms with van der Waals surface area (Å²) in [5.74, 6) is 0.652. The molecule has 1 fully saturated rings. The molecule has 0 aromatic carbocycles. The summed E-state index contributed by atoms with van der Waals surface area (Å²) < 4.78 is 10.8. The zero-order valence-electron chi connectivity index (χ0n) is 9.12. The molecule has 0 radical (unpaired) electrons. The monoisotopic (exact) mass is 208 g/mol. The van der Waals surface area contributed by atoms with Crippen LogP contribution >= 0.6 is 0 Å². The van der Waals surface area contributed by atoms with Gasteiger partial charge in [-0.15, -0.1) is 0 Å². The molecular weight excluding hydrogens is 192 g/mol. The molecule has 0 aliphatic carbocycles. The average molecular weight is 208 g/mol. The van der Waals surface area contributed by atoms with E-state index in [0.717, 1.165) is 31.0 Å². The van der Waals surface area contributed by atoms with E-state index >= 15 is 0 Å². The molecule has 0 amide bonds. The Hall–Kier alpha value is -1.13. The van der Waals surface area contributed by atoms with Gasteiger partial charge < -0.3 is 14.8 Å². The smallest absolute Gasteiger partial charge is 0.213 e. The zero-order valence-corrected chi connectivity index (χ0v) is 9.12. The minimum absolute atomic E-state index is 0.120. The van der Waals surface area contributed by atoms with Crippen molar-refractivity contribution >= 4 is 0 Å². The predicted molar refractivity (Wildman–Crippen MR) is 57.1 cm³/mol. The molecule has 0 spiro atoms. The molecule has 1 aliphatic rings. The summed E-state index contributed by atoms with van der Waals surface area (Å²) in [5.41, 5.74) is 2.09. The number of rotatable bonds is 2. The third-order valence-electron chi connectivity index (χ3n) is 2.46. The summed E-state index contributed by atoms with van der Waals surface area (Å²) in [7, 11) is 1.63. The fraction of sp³-hybridized carbons (Fsp3) is 0.545. The highest BCUT2D eigenvalue weighted by atomic mass is 16.5. The van der Waals surface area contributed by atoms with Crippen molar-refractivity contribution in [2.75, 3.05) is 26.8 Å². The second kappa shape index (κ2) is 4.59. The number of hydrogen-bond donors (Lipinski definition) is 1. The Labute approximate surface area is 89.6 Å². The van der Waals surface area contributed by atoms with Crippen molar-refractivity contribution in [3.63, 3.8) is 0 Å². The van der Waals surface area contributed by atoms with Gasteiger partial charge in [-0.05, 0) is 18.6 Å². The van der Waals surface area contributed by atoms with E-state index in [9.17, 15) is 0 Å². The molecule has 4 nitrogen and oxygen atoms in total. The molecule has 15 heavy (non-hydrogen) atoms. The molecule has 1 atom stereocenters. The van der Waals surface area contributed by atoms with E-state index in [4.69, 9.17) is 9.47 Å². The number of hydrogen-bond acceptors (Lipinski definition) is 4. The van der Waals surface area contributed by atoms with Crippen LogP contribution in [0, 0.1) is 6.92 Å². The second-order valence-electron chi connectivity index (χ2n) is 3.65. The summed E-state index contributed by atoms with van der Waals surface area (Å²) in [4.78, 5) is 4.25. The van der Waals surface area contributed by atoms with Crippen molar-refractivity contribution in [1.29, 1.82) is 0 Å². The quantitative estimate of drug-likeness (QED) is 0.789. The fourth-order valence-corrected chi connectivity index (χ4v) is 1.73. The molecule has 82 valence electrons. The van der Waals surface area contributed by atoms with E-state index in [1.165, 1.54) is 0 Å². The molecular formula is C11H16N2O2. The molecule has 2 heterocycles. The first-order valence-electron chi connectivity index (χ1n) is 5.14. The molecule has 1 unspecified atom stereocenters. The summed E-state index contributed by atoms with van der Waals surface area (Å²) >= 11 is 0. The van der Waals surface area contributed by atoms with Crippen LogP contribution in [0.4, 0.5) is 0 Å².